The minimum Gasteiger partial charge on any atom is -0.463 e. The second-order valence-corrected chi connectivity index (χ2v) is 6.93. The quantitative estimate of drug-likeness (QED) is 0.361. The van der Waals surface area contributed by atoms with Crippen LogP contribution in [-0.4, -0.2) is 68.2 Å². The molecule has 0 bridgehead atoms. The van der Waals surface area contributed by atoms with Crippen LogP contribution in [0.5, 0.6) is 0 Å². The van der Waals surface area contributed by atoms with Crippen molar-refractivity contribution in [2.24, 2.45) is 0 Å². The van der Waals surface area contributed by atoms with Gasteiger partial charge in [-0.3, -0.25) is 4.79 Å². The van der Waals surface area contributed by atoms with Crippen molar-refractivity contribution in [3.63, 3.8) is 0 Å². The Balaban J connectivity index is 2.90. The van der Waals surface area contributed by atoms with E-state index in [9.17, 15) is 9.90 Å². The van der Waals surface area contributed by atoms with Crippen molar-refractivity contribution in [2.75, 3.05) is 26.4 Å². The number of carbonyl (C=O) groups excluding carboxylic acids is 1. The van der Waals surface area contributed by atoms with Gasteiger partial charge in [-0.1, -0.05) is 40.0 Å². The van der Waals surface area contributed by atoms with Crippen LogP contribution in [0.2, 0.25) is 0 Å². The largest absolute Gasteiger partial charge is 0.463 e. The molecule has 5 unspecified atom stereocenters. The molecule has 1 heterocycles. The second kappa shape index (κ2) is 14.3. The van der Waals surface area contributed by atoms with E-state index in [1.54, 1.807) is 0 Å². The van der Waals surface area contributed by atoms with Crippen LogP contribution in [0.25, 0.3) is 0 Å². The maximum atomic E-state index is 11.2. The first-order valence-electron chi connectivity index (χ1n) is 10.4. The minimum atomic E-state index is -1.15. The van der Waals surface area contributed by atoms with Crippen molar-refractivity contribution in [3.8, 4) is 0 Å². The van der Waals surface area contributed by atoms with E-state index in [0.29, 0.717) is 19.8 Å². The highest BCUT2D eigenvalue weighted by atomic mass is 16.7. The average Bonchev–Trinajstić information content (AvgIpc) is 2.64. The van der Waals surface area contributed by atoms with E-state index < -0.39 is 36.7 Å². The van der Waals surface area contributed by atoms with Crippen LogP contribution in [0, 0.1) is 0 Å². The molecule has 1 saturated heterocycles. The highest BCUT2D eigenvalue weighted by Gasteiger charge is 2.48. The second-order valence-electron chi connectivity index (χ2n) is 6.93. The van der Waals surface area contributed by atoms with Crippen LogP contribution >= 0.6 is 0 Å². The molecule has 5 atom stereocenters. The fourth-order valence-corrected chi connectivity index (χ4v) is 2.89. The SMILES string of the molecule is CCCCOC1C(O)OC(COC(C)=O)C(OCCCC)C1OCCCC. The molecule has 1 fully saturated rings. The zero-order chi connectivity index (χ0) is 20.1. The Hall–Kier alpha value is -0.730. The number of esters is 1. The minimum absolute atomic E-state index is 0.0124. The van der Waals surface area contributed by atoms with E-state index >= 15 is 0 Å². The van der Waals surface area contributed by atoms with Crippen molar-refractivity contribution < 1.29 is 33.6 Å². The molecule has 7 heteroatoms. The van der Waals surface area contributed by atoms with Crippen molar-refractivity contribution in [2.45, 2.75) is 96.9 Å². The van der Waals surface area contributed by atoms with Crippen LogP contribution in [0.1, 0.15) is 66.2 Å². The van der Waals surface area contributed by atoms with Gasteiger partial charge in [0, 0.05) is 26.7 Å². The zero-order valence-electron chi connectivity index (χ0n) is 17.4. The maximum absolute atomic E-state index is 11.2. The monoisotopic (exact) mass is 390 g/mol. The fraction of sp³-hybridized carbons (Fsp3) is 0.950. The van der Waals surface area contributed by atoms with E-state index in [4.69, 9.17) is 23.7 Å². The lowest BCUT2D eigenvalue weighted by molar-refractivity contribution is -0.311. The van der Waals surface area contributed by atoms with Gasteiger partial charge >= 0.3 is 5.97 Å². The number of aliphatic hydroxyl groups excluding tert-OH is 1. The third-order valence-corrected chi connectivity index (χ3v) is 4.48. The van der Waals surface area contributed by atoms with E-state index in [2.05, 4.69) is 20.8 Å². The standard InChI is InChI=1S/C20H38O7/c1-5-8-11-23-17-16(14-26-15(4)21)27-20(22)19(25-13-10-7-3)18(17)24-12-9-6-2/h16-20,22H,5-14H2,1-4H3. The smallest absolute Gasteiger partial charge is 0.302 e. The number of hydrogen-bond acceptors (Lipinski definition) is 7. The Labute approximate surface area is 163 Å². The molecule has 1 N–H and O–H groups in total. The van der Waals surface area contributed by atoms with Gasteiger partial charge in [0.15, 0.2) is 6.29 Å². The van der Waals surface area contributed by atoms with Crippen LogP contribution in [0.3, 0.4) is 0 Å². The molecular formula is C20H38O7. The lowest BCUT2D eigenvalue weighted by atomic mass is 9.98. The predicted molar refractivity (Wildman–Crippen MR) is 101 cm³/mol. The number of hydrogen-bond donors (Lipinski definition) is 1. The van der Waals surface area contributed by atoms with Crippen LogP contribution in [0.4, 0.5) is 0 Å². The van der Waals surface area contributed by atoms with E-state index in [1.165, 1.54) is 6.92 Å². The zero-order valence-corrected chi connectivity index (χ0v) is 17.4. The Bertz CT molecular complexity index is 391. The summed E-state index contributed by atoms with van der Waals surface area (Å²) < 4.78 is 28.9. The summed E-state index contributed by atoms with van der Waals surface area (Å²) >= 11 is 0. The molecule has 0 spiro atoms. The Morgan fingerprint density at radius 2 is 1.33 bits per heavy atom. The molecule has 0 aromatic heterocycles. The Morgan fingerprint density at radius 3 is 1.81 bits per heavy atom. The predicted octanol–water partition coefficient (Wildman–Crippen LogP) is 2.82. The van der Waals surface area contributed by atoms with Gasteiger partial charge in [-0.15, -0.1) is 0 Å². The highest BCUT2D eigenvalue weighted by Crippen LogP contribution is 2.28. The lowest BCUT2D eigenvalue weighted by Crippen LogP contribution is -2.61. The van der Waals surface area contributed by atoms with Gasteiger partial charge in [0.1, 0.15) is 31.0 Å². The molecule has 0 aromatic carbocycles. The number of carbonyl (C=O) groups is 1. The topological polar surface area (TPSA) is 83.5 Å². The molecular weight excluding hydrogens is 352 g/mol. The molecule has 7 nitrogen and oxygen atoms in total. The maximum Gasteiger partial charge on any atom is 0.302 e. The van der Waals surface area contributed by atoms with Crippen LogP contribution < -0.4 is 0 Å². The molecule has 0 aliphatic carbocycles. The molecule has 0 aromatic rings. The average molecular weight is 391 g/mol. The molecule has 1 aliphatic heterocycles. The van der Waals surface area contributed by atoms with Crippen molar-refractivity contribution in [1.82, 2.24) is 0 Å². The molecule has 1 rings (SSSR count). The summed E-state index contributed by atoms with van der Waals surface area (Å²) in [5.74, 6) is -0.398. The van der Waals surface area contributed by atoms with Gasteiger partial charge in [-0.05, 0) is 19.3 Å². The molecule has 160 valence electrons. The molecule has 0 radical (unpaired) electrons. The van der Waals surface area contributed by atoms with Crippen molar-refractivity contribution in [3.05, 3.63) is 0 Å². The summed E-state index contributed by atoms with van der Waals surface area (Å²) in [7, 11) is 0. The number of unbranched alkanes of at least 4 members (excludes halogenated alkanes) is 3. The van der Waals surface area contributed by atoms with Gasteiger partial charge in [-0.2, -0.15) is 0 Å². The van der Waals surface area contributed by atoms with Crippen molar-refractivity contribution in [1.29, 1.82) is 0 Å². The molecule has 0 amide bonds. The third kappa shape index (κ3) is 8.87. The summed E-state index contributed by atoms with van der Waals surface area (Å²) in [5, 5.41) is 10.5. The number of rotatable bonds is 14. The first-order valence-corrected chi connectivity index (χ1v) is 10.4. The summed E-state index contributed by atoms with van der Waals surface area (Å²) in [6.07, 6.45) is 2.38. The Morgan fingerprint density at radius 1 is 0.852 bits per heavy atom. The first kappa shape index (κ1) is 24.3. The van der Waals surface area contributed by atoms with Gasteiger partial charge in [-0.25, -0.2) is 0 Å². The fourth-order valence-electron chi connectivity index (χ4n) is 2.89. The summed E-state index contributed by atoms with van der Waals surface area (Å²) in [5.41, 5.74) is 0. The third-order valence-electron chi connectivity index (χ3n) is 4.48. The molecule has 0 saturated carbocycles. The first-order chi connectivity index (χ1) is 13.0. The lowest BCUT2D eigenvalue weighted by Gasteiger charge is -2.44. The Kier molecular flexibility index (Phi) is 12.9. The van der Waals surface area contributed by atoms with Gasteiger partial charge in [0.25, 0.3) is 0 Å². The summed E-state index contributed by atoms with van der Waals surface area (Å²) in [6.45, 7) is 9.24. The molecule has 27 heavy (non-hydrogen) atoms. The van der Waals surface area contributed by atoms with E-state index in [-0.39, 0.29) is 6.61 Å². The van der Waals surface area contributed by atoms with Crippen molar-refractivity contribution >= 4 is 5.97 Å². The van der Waals surface area contributed by atoms with Gasteiger partial charge in [0.2, 0.25) is 0 Å². The highest BCUT2D eigenvalue weighted by molar-refractivity contribution is 5.65. The van der Waals surface area contributed by atoms with E-state index in [0.717, 1.165) is 38.5 Å². The van der Waals surface area contributed by atoms with Gasteiger partial charge < -0.3 is 28.8 Å². The number of ether oxygens (including phenoxy) is 5. The summed E-state index contributed by atoms with van der Waals surface area (Å²) in [6, 6.07) is 0. The van der Waals surface area contributed by atoms with Gasteiger partial charge in [0.05, 0.1) is 0 Å². The van der Waals surface area contributed by atoms with Crippen LogP contribution in [-0.2, 0) is 28.5 Å². The van der Waals surface area contributed by atoms with Crippen LogP contribution in [0.15, 0.2) is 0 Å². The number of aliphatic hydroxyl groups is 1. The summed E-state index contributed by atoms with van der Waals surface area (Å²) in [4.78, 5) is 11.2. The molecule has 1 aliphatic rings. The van der Waals surface area contributed by atoms with E-state index in [1.807, 2.05) is 0 Å². The normalized spacial score (nSPS) is 28.3.